The first kappa shape index (κ1) is 17.9. The van der Waals surface area contributed by atoms with Crippen molar-refractivity contribution in [1.82, 2.24) is 19.5 Å². The lowest BCUT2D eigenvalue weighted by molar-refractivity contribution is -0.145. The fraction of sp³-hybridized carbons (Fsp3) is 0.435. The first-order valence-corrected chi connectivity index (χ1v) is 10.8. The molecule has 0 aliphatic carbocycles. The molecular weight excluding hydrogens is 378 g/mol. The van der Waals surface area contributed by atoms with Gasteiger partial charge in [-0.25, -0.2) is 4.98 Å². The molecule has 3 aromatic rings. The van der Waals surface area contributed by atoms with Gasteiger partial charge in [0.15, 0.2) is 11.2 Å². The minimum Gasteiger partial charge on any atom is -0.356 e. The Bertz CT molecular complexity index is 1100. The minimum absolute atomic E-state index is 0.0829. The second-order valence-corrected chi connectivity index (χ2v) is 8.68. The van der Waals surface area contributed by atoms with E-state index in [9.17, 15) is 4.79 Å². The van der Waals surface area contributed by atoms with Gasteiger partial charge in [-0.05, 0) is 24.5 Å². The lowest BCUT2D eigenvalue weighted by Crippen LogP contribution is -2.56. The van der Waals surface area contributed by atoms with Crippen molar-refractivity contribution in [2.24, 2.45) is 5.92 Å². The van der Waals surface area contributed by atoms with E-state index >= 15 is 0 Å². The average molecular weight is 403 g/mol. The molecule has 1 spiro atoms. The number of aromatic nitrogens is 3. The molecule has 3 saturated heterocycles. The van der Waals surface area contributed by atoms with Crippen molar-refractivity contribution in [2.45, 2.75) is 44.1 Å². The zero-order valence-electron chi connectivity index (χ0n) is 17.0. The van der Waals surface area contributed by atoms with Crippen LogP contribution in [0, 0.1) is 5.92 Å². The van der Waals surface area contributed by atoms with E-state index in [2.05, 4.69) is 34.0 Å². The molecule has 154 valence electrons. The number of carbonyl (C=O) groups excluding carboxylic acids is 1. The summed E-state index contributed by atoms with van der Waals surface area (Å²) in [5, 5.41) is 4.42. The Morgan fingerprint density at radius 3 is 2.80 bits per heavy atom. The molecule has 0 saturated carbocycles. The molecule has 2 unspecified atom stereocenters. The quantitative estimate of drug-likeness (QED) is 0.658. The lowest BCUT2D eigenvalue weighted by Gasteiger charge is -2.43. The zero-order chi connectivity index (χ0) is 20.3. The third-order valence-electron chi connectivity index (χ3n) is 7.10. The Balaban J connectivity index is 1.27. The van der Waals surface area contributed by atoms with Crippen molar-refractivity contribution in [2.75, 3.05) is 18.0 Å². The first-order chi connectivity index (χ1) is 14.7. The molecule has 0 bridgehead atoms. The van der Waals surface area contributed by atoms with Gasteiger partial charge in [0, 0.05) is 37.7 Å². The molecule has 7 nitrogen and oxygen atoms in total. The summed E-state index contributed by atoms with van der Waals surface area (Å²) in [6.07, 6.45) is 6.04. The zero-order valence-corrected chi connectivity index (χ0v) is 17.0. The highest BCUT2D eigenvalue weighted by Crippen LogP contribution is 2.49. The van der Waals surface area contributed by atoms with Crippen LogP contribution in [0.1, 0.15) is 37.8 Å². The van der Waals surface area contributed by atoms with Crippen LogP contribution in [0.2, 0.25) is 0 Å². The van der Waals surface area contributed by atoms with Crippen molar-refractivity contribution >= 4 is 17.4 Å². The van der Waals surface area contributed by atoms with Crippen molar-refractivity contribution in [3.05, 3.63) is 60.4 Å². The maximum Gasteiger partial charge on any atom is 0.257 e. The topological polar surface area (TPSA) is 63.0 Å². The van der Waals surface area contributed by atoms with E-state index < -0.39 is 5.60 Å². The van der Waals surface area contributed by atoms with E-state index in [0.717, 1.165) is 37.4 Å². The van der Waals surface area contributed by atoms with E-state index in [1.807, 2.05) is 45.9 Å². The summed E-state index contributed by atoms with van der Waals surface area (Å²) in [5.74, 6) is 1.27. The number of ether oxygens (including phenoxy) is 1. The number of hydrogen-bond donors (Lipinski definition) is 0. The normalized spacial score (nSPS) is 31.1. The SMILES string of the molecule is CC1CN(c2ccnc3ccnn23)CCC12O[C@@H]1CC[C@@H](c3ccccc3)N1C2=O. The summed E-state index contributed by atoms with van der Waals surface area (Å²) in [4.78, 5) is 22.4. The number of piperidine rings is 1. The second-order valence-electron chi connectivity index (χ2n) is 8.68. The van der Waals surface area contributed by atoms with Gasteiger partial charge in [0.05, 0.1) is 12.2 Å². The van der Waals surface area contributed by atoms with E-state index in [-0.39, 0.29) is 24.1 Å². The van der Waals surface area contributed by atoms with Crippen LogP contribution in [0.4, 0.5) is 5.82 Å². The highest BCUT2D eigenvalue weighted by atomic mass is 16.6. The summed E-state index contributed by atoms with van der Waals surface area (Å²) in [6, 6.07) is 14.4. The van der Waals surface area contributed by atoms with Gasteiger partial charge in [-0.3, -0.25) is 4.79 Å². The Morgan fingerprint density at radius 1 is 1.10 bits per heavy atom. The predicted octanol–water partition coefficient (Wildman–Crippen LogP) is 3.03. The number of fused-ring (bicyclic) bond motifs is 2. The largest absolute Gasteiger partial charge is 0.356 e. The molecule has 0 radical (unpaired) electrons. The number of rotatable bonds is 2. The molecule has 6 rings (SSSR count). The highest BCUT2D eigenvalue weighted by Gasteiger charge is 2.60. The van der Waals surface area contributed by atoms with Gasteiger partial charge in [0.1, 0.15) is 12.0 Å². The molecule has 4 atom stereocenters. The minimum atomic E-state index is -0.717. The van der Waals surface area contributed by atoms with Crippen molar-refractivity contribution in [3.8, 4) is 0 Å². The molecular formula is C23H25N5O2. The van der Waals surface area contributed by atoms with Crippen molar-refractivity contribution in [1.29, 1.82) is 0 Å². The molecule has 3 aliphatic heterocycles. The smallest absolute Gasteiger partial charge is 0.257 e. The van der Waals surface area contributed by atoms with Crippen LogP contribution in [-0.4, -0.2) is 50.3 Å². The molecule has 5 heterocycles. The molecule has 1 aromatic carbocycles. The van der Waals surface area contributed by atoms with Crippen LogP contribution in [0.3, 0.4) is 0 Å². The van der Waals surface area contributed by atoms with Gasteiger partial charge in [-0.1, -0.05) is 37.3 Å². The van der Waals surface area contributed by atoms with Gasteiger partial charge < -0.3 is 14.5 Å². The van der Waals surface area contributed by atoms with Crippen LogP contribution in [0.25, 0.3) is 5.65 Å². The molecule has 30 heavy (non-hydrogen) atoms. The third-order valence-corrected chi connectivity index (χ3v) is 7.10. The summed E-state index contributed by atoms with van der Waals surface area (Å²) < 4.78 is 8.43. The van der Waals surface area contributed by atoms with E-state index in [1.165, 1.54) is 5.56 Å². The van der Waals surface area contributed by atoms with Crippen LogP contribution in [0.5, 0.6) is 0 Å². The number of nitrogens with zero attached hydrogens (tertiary/aromatic N) is 5. The van der Waals surface area contributed by atoms with Crippen LogP contribution in [0.15, 0.2) is 54.9 Å². The fourth-order valence-corrected chi connectivity index (χ4v) is 5.56. The summed E-state index contributed by atoms with van der Waals surface area (Å²) >= 11 is 0. The Hall–Kier alpha value is -2.93. The van der Waals surface area contributed by atoms with Crippen molar-refractivity contribution in [3.63, 3.8) is 0 Å². The van der Waals surface area contributed by atoms with E-state index in [1.54, 1.807) is 6.20 Å². The van der Waals surface area contributed by atoms with Crippen LogP contribution >= 0.6 is 0 Å². The Labute approximate surface area is 175 Å². The average Bonchev–Trinajstić information content (AvgIpc) is 3.47. The second kappa shape index (κ2) is 6.54. The van der Waals surface area contributed by atoms with Gasteiger partial charge in [0.2, 0.25) is 0 Å². The fourth-order valence-electron chi connectivity index (χ4n) is 5.56. The summed E-state index contributed by atoms with van der Waals surface area (Å²) in [5.41, 5.74) is 1.32. The maximum absolute atomic E-state index is 13.7. The molecule has 3 fully saturated rings. The number of benzene rings is 1. The lowest BCUT2D eigenvalue weighted by atomic mass is 9.81. The standard InChI is InChI=1S/C23H25N5O2/c1-16-15-26(20-10-12-24-19-9-13-25-28(19)20)14-11-23(16)22(29)27-18(7-8-21(27)30-23)17-5-3-2-4-6-17/h2-6,9-10,12-13,16,18,21H,7-8,11,14-15H2,1H3/t16?,18-,21+,23?/m0/s1. The summed E-state index contributed by atoms with van der Waals surface area (Å²) in [6.45, 7) is 3.65. The monoisotopic (exact) mass is 403 g/mol. The Morgan fingerprint density at radius 2 is 1.97 bits per heavy atom. The Kier molecular flexibility index (Phi) is 3.90. The first-order valence-electron chi connectivity index (χ1n) is 10.8. The van der Waals surface area contributed by atoms with Gasteiger partial charge in [0.25, 0.3) is 5.91 Å². The molecule has 0 N–H and O–H groups in total. The molecule has 3 aliphatic rings. The summed E-state index contributed by atoms with van der Waals surface area (Å²) in [7, 11) is 0. The molecule has 7 heteroatoms. The number of hydrogen-bond acceptors (Lipinski definition) is 5. The predicted molar refractivity (Wildman–Crippen MR) is 112 cm³/mol. The number of carbonyl (C=O) groups is 1. The molecule has 2 aromatic heterocycles. The maximum atomic E-state index is 13.7. The van der Waals surface area contributed by atoms with E-state index in [0.29, 0.717) is 6.42 Å². The molecule has 1 amide bonds. The van der Waals surface area contributed by atoms with Crippen molar-refractivity contribution < 1.29 is 9.53 Å². The van der Waals surface area contributed by atoms with Crippen LogP contribution in [-0.2, 0) is 9.53 Å². The highest BCUT2D eigenvalue weighted by molar-refractivity contribution is 5.88. The third kappa shape index (κ3) is 2.45. The van der Waals surface area contributed by atoms with Gasteiger partial charge in [-0.2, -0.15) is 9.61 Å². The van der Waals surface area contributed by atoms with Gasteiger partial charge >= 0.3 is 0 Å². The van der Waals surface area contributed by atoms with E-state index in [4.69, 9.17) is 4.74 Å². The number of anilines is 1. The van der Waals surface area contributed by atoms with Crippen LogP contribution < -0.4 is 4.90 Å². The van der Waals surface area contributed by atoms with Gasteiger partial charge in [-0.15, -0.1) is 0 Å². The number of amides is 1.